The van der Waals surface area contributed by atoms with Gasteiger partial charge in [0.15, 0.2) is 0 Å². The topological polar surface area (TPSA) is 30.7 Å². The Balaban J connectivity index is 1.51. The number of hydrogen-bond acceptors (Lipinski definition) is 2. The molecule has 0 saturated carbocycles. The molecule has 42 heavy (non-hydrogen) atoms. The van der Waals surface area contributed by atoms with Gasteiger partial charge >= 0.3 is 0 Å². The second-order valence-electron chi connectivity index (χ2n) is 12.4. The Bertz CT molecular complexity index is 2820. The highest BCUT2D eigenvalue weighted by Crippen LogP contribution is 2.57. The van der Waals surface area contributed by atoms with Crippen LogP contribution >= 0.6 is 0 Å². The summed E-state index contributed by atoms with van der Waals surface area (Å²) in [5, 5.41) is 9.90. The average Bonchev–Trinajstić information content (AvgIpc) is 3.79. The molecule has 1 aliphatic rings. The zero-order chi connectivity index (χ0) is 27.5. The maximum atomic E-state index is 6.44. The quantitative estimate of drug-likeness (QED) is 0.193. The summed E-state index contributed by atoms with van der Waals surface area (Å²) in [6.07, 6.45) is 0. The van der Waals surface area contributed by atoms with Gasteiger partial charge in [-0.15, -0.1) is 0 Å². The van der Waals surface area contributed by atoms with E-state index in [2.05, 4.69) is 121 Å². The Labute approximate surface area is 239 Å². The first-order chi connectivity index (χ1) is 20.6. The van der Waals surface area contributed by atoms with Crippen LogP contribution in [0, 0.1) is 0 Å². The van der Waals surface area contributed by atoms with Crippen molar-refractivity contribution in [3.8, 4) is 11.1 Å². The van der Waals surface area contributed by atoms with Gasteiger partial charge in [0.05, 0.1) is 16.6 Å². The Kier molecular flexibility index (Phi) is 3.46. The SMILES string of the molecule is CC1(C)c2ccccc2-c2cc3c4c5c(ccc4n4c6ccc7oc8ccccc8c7c6c(c21)c34)oc1ccccc15. The monoisotopic (exact) mass is 537 g/mol. The Hall–Kier alpha value is -5.28. The number of nitrogens with zero attached hydrogens (tertiary/aromatic N) is 1. The molecule has 0 aliphatic heterocycles. The lowest BCUT2D eigenvalue weighted by atomic mass is 9.80. The van der Waals surface area contributed by atoms with Crippen LogP contribution in [0.25, 0.3) is 93.1 Å². The smallest absolute Gasteiger partial charge is 0.136 e. The molecule has 0 bridgehead atoms. The van der Waals surface area contributed by atoms with Gasteiger partial charge in [-0.1, -0.05) is 74.5 Å². The summed E-state index contributed by atoms with van der Waals surface area (Å²) >= 11 is 0. The van der Waals surface area contributed by atoms with E-state index in [-0.39, 0.29) is 5.41 Å². The van der Waals surface area contributed by atoms with Crippen LogP contribution in [0.4, 0.5) is 0 Å². The highest BCUT2D eigenvalue weighted by Gasteiger charge is 2.39. The highest BCUT2D eigenvalue weighted by atomic mass is 16.3. The number of para-hydroxylation sites is 2. The normalized spacial score (nSPS) is 14.6. The molecule has 0 amide bonds. The highest BCUT2D eigenvalue weighted by molar-refractivity contribution is 6.37. The second kappa shape index (κ2) is 6.78. The van der Waals surface area contributed by atoms with Gasteiger partial charge in [-0.2, -0.15) is 0 Å². The van der Waals surface area contributed by atoms with Crippen molar-refractivity contribution in [1.29, 1.82) is 0 Å². The van der Waals surface area contributed by atoms with Gasteiger partial charge in [0.25, 0.3) is 0 Å². The molecule has 0 radical (unpaired) electrons. The first-order valence-electron chi connectivity index (χ1n) is 14.6. The molecule has 4 heterocycles. The summed E-state index contributed by atoms with van der Waals surface area (Å²) in [5.41, 5.74) is 12.8. The first kappa shape index (κ1) is 21.5. The van der Waals surface area contributed by atoms with Crippen molar-refractivity contribution < 1.29 is 8.83 Å². The van der Waals surface area contributed by atoms with Crippen molar-refractivity contribution in [3.63, 3.8) is 0 Å². The van der Waals surface area contributed by atoms with Crippen molar-refractivity contribution in [1.82, 2.24) is 4.40 Å². The minimum Gasteiger partial charge on any atom is -0.456 e. The number of fused-ring (bicyclic) bond motifs is 18. The molecule has 0 unspecified atom stereocenters. The number of rotatable bonds is 0. The van der Waals surface area contributed by atoms with Crippen molar-refractivity contribution in [3.05, 3.63) is 114 Å². The minimum atomic E-state index is -0.155. The predicted molar refractivity (Wildman–Crippen MR) is 173 cm³/mol. The Morgan fingerprint density at radius 1 is 0.500 bits per heavy atom. The van der Waals surface area contributed by atoms with Crippen molar-refractivity contribution >= 4 is 82.0 Å². The molecule has 0 spiro atoms. The minimum absolute atomic E-state index is 0.155. The van der Waals surface area contributed by atoms with E-state index in [0.29, 0.717) is 0 Å². The van der Waals surface area contributed by atoms with Crippen LogP contribution in [0.3, 0.4) is 0 Å². The molecule has 0 N–H and O–H groups in total. The number of hydrogen-bond donors (Lipinski definition) is 0. The van der Waals surface area contributed by atoms with Crippen LogP contribution in [0.2, 0.25) is 0 Å². The van der Waals surface area contributed by atoms with Gasteiger partial charge in [0.2, 0.25) is 0 Å². The molecule has 0 saturated heterocycles. The summed E-state index contributed by atoms with van der Waals surface area (Å²) in [6, 6.07) is 37.1. The fourth-order valence-corrected chi connectivity index (χ4v) is 8.48. The molecular formula is C39H23NO2. The van der Waals surface area contributed by atoms with Gasteiger partial charge < -0.3 is 13.2 Å². The zero-order valence-electron chi connectivity index (χ0n) is 23.1. The van der Waals surface area contributed by atoms with Crippen molar-refractivity contribution in [2.24, 2.45) is 0 Å². The largest absolute Gasteiger partial charge is 0.456 e. The van der Waals surface area contributed by atoms with Crippen LogP contribution in [-0.2, 0) is 5.41 Å². The maximum absolute atomic E-state index is 6.44. The fourth-order valence-electron chi connectivity index (χ4n) is 8.48. The van der Waals surface area contributed by atoms with E-state index in [0.717, 1.165) is 27.7 Å². The molecule has 0 fully saturated rings. The lowest BCUT2D eigenvalue weighted by molar-refractivity contribution is 0.666. The van der Waals surface area contributed by atoms with Gasteiger partial charge in [-0.05, 0) is 64.7 Å². The zero-order valence-corrected chi connectivity index (χ0v) is 23.1. The third-order valence-corrected chi connectivity index (χ3v) is 10.1. The summed E-state index contributed by atoms with van der Waals surface area (Å²) in [7, 11) is 0. The van der Waals surface area contributed by atoms with Gasteiger partial charge in [0.1, 0.15) is 22.3 Å². The van der Waals surface area contributed by atoms with E-state index in [1.54, 1.807) is 0 Å². The van der Waals surface area contributed by atoms with E-state index in [4.69, 9.17) is 8.83 Å². The molecule has 3 nitrogen and oxygen atoms in total. The summed E-state index contributed by atoms with van der Waals surface area (Å²) in [5.74, 6) is 0. The fraction of sp³-hybridized carbons (Fsp3) is 0.0769. The average molecular weight is 538 g/mol. The summed E-state index contributed by atoms with van der Waals surface area (Å²) < 4.78 is 15.3. The third kappa shape index (κ3) is 2.21. The van der Waals surface area contributed by atoms with Crippen molar-refractivity contribution in [2.45, 2.75) is 19.3 Å². The van der Waals surface area contributed by atoms with E-state index in [1.807, 2.05) is 0 Å². The molecular weight excluding hydrogens is 514 g/mol. The molecule has 11 rings (SSSR count). The first-order valence-corrected chi connectivity index (χ1v) is 14.6. The van der Waals surface area contributed by atoms with E-state index >= 15 is 0 Å². The summed E-state index contributed by atoms with van der Waals surface area (Å²) in [6.45, 7) is 4.78. The Morgan fingerprint density at radius 3 is 1.81 bits per heavy atom. The lowest BCUT2D eigenvalue weighted by Gasteiger charge is -2.22. The lowest BCUT2D eigenvalue weighted by Crippen LogP contribution is -2.15. The Morgan fingerprint density at radius 2 is 1.10 bits per heavy atom. The molecule has 6 aromatic carbocycles. The van der Waals surface area contributed by atoms with Gasteiger partial charge in [-0.25, -0.2) is 0 Å². The number of benzene rings is 6. The van der Waals surface area contributed by atoms with E-state index in [1.165, 1.54) is 76.5 Å². The van der Waals surface area contributed by atoms with E-state index in [9.17, 15) is 0 Å². The molecule has 196 valence electrons. The van der Waals surface area contributed by atoms with Gasteiger partial charge in [0, 0.05) is 48.5 Å². The number of aromatic nitrogens is 1. The van der Waals surface area contributed by atoms with Crippen molar-refractivity contribution in [2.75, 3.05) is 0 Å². The van der Waals surface area contributed by atoms with E-state index < -0.39 is 0 Å². The second-order valence-corrected chi connectivity index (χ2v) is 12.4. The molecule has 0 atom stereocenters. The maximum Gasteiger partial charge on any atom is 0.136 e. The standard InChI is InChI=1S/C39H23NO2/c1-39(2)25-12-6-3-9-20(25)23-19-24-32-26(15-17-30-33(32)21-10-4-7-13-28(21)41-30)40-27-16-18-31-34(22-11-5-8-14-29(22)42-31)35(27)36(37(23)39)38(24)40/h3-19H,1-2H3. The van der Waals surface area contributed by atoms with Crippen LogP contribution < -0.4 is 0 Å². The molecule has 3 heteroatoms. The van der Waals surface area contributed by atoms with Crippen LogP contribution in [0.1, 0.15) is 25.0 Å². The van der Waals surface area contributed by atoms with Gasteiger partial charge in [-0.3, -0.25) is 0 Å². The molecule has 4 aromatic heterocycles. The van der Waals surface area contributed by atoms with Crippen LogP contribution in [-0.4, -0.2) is 4.40 Å². The van der Waals surface area contributed by atoms with Crippen LogP contribution in [0.15, 0.2) is 112 Å². The summed E-state index contributed by atoms with van der Waals surface area (Å²) in [4.78, 5) is 0. The number of furan rings is 2. The molecule has 10 aromatic rings. The predicted octanol–water partition coefficient (Wildman–Crippen LogP) is 10.9. The third-order valence-electron chi connectivity index (χ3n) is 10.1. The molecule has 1 aliphatic carbocycles. The van der Waals surface area contributed by atoms with Crippen LogP contribution in [0.5, 0.6) is 0 Å².